The number of rotatable bonds is 3. The Kier molecular flexibility index (Phi) is 4.34. The summed E-state index contributed by atoms with van der Waals surface area (Å²) in [5.74, 6) is -0.426. The van der Waals surface area contributed by atoms with Gasteiger partial charge in [-0.2, -0.15) is 0 Å². The first-order chi connectivity index (χ1) is 8.56. The summed E-state index contributed by atoms with van der Waals surface area (Å²) in [7, 11) is 0. The van der Waals surface area contributed by atoms with Crippen molar-refractivity contribution in [3.8, 4) is 0 Å². The summed E-state index contributed by atoms with van der Waals surface area (Å²) < 4.78 is 14.1. The van der Waals surface area contributed by atoms with E-state index in [1.807, 2.05) is 18.4 Å². The maximum atomic E-state index is 13.1. The zero-order valence-electron chi connectivity index (χ0n) is 9.61. The van der Waals surface area contributed by atoms with E-state index < -0.39 is 0 Å². The lowest BCUT2D eigenvalue weighted by Gasteiger charge is -2.13. The smallest absolute Gasteiger partial charge is 0.252 e. The predicted molar refractivity (Wildman–Crippen MR) is 79.3 cm³/mol. The number of carbonyl (C=O) groups excluding carboxylic acids is 1. The van der Waals surface area contributed by atoms with Gasteiger partial charge in [0.2, 0.25) is 0 Å². The standard InChI is InChI=1S/C13H11FINOS/c1-8(9-3-2-4-11(14)5-9)16-13(17)10-6-12(15)18-7-10/h2-8H,1H3,(H,16,17). The molecule has 0 saturated carbocycles. The Balaban J connectivity index is 2.07. The minimum atomic E-state index is -0.293. The first-order valence-electron chi connectivity index (χ1n) is 5.36. The molecule has 1 unspecified atom stereocenters. The number of amides is 1. The molecule has 1 amide bonds. The Hall–Kier alpha value is -0.950. The van der Waals surface area contributed by atoms with Gasteiger partial charge in [0.15, 0.2) is 0 Å². The molecule has 1 N–H and O–H groups in total. The van der Waals surface area contributed by atoms with Gasteiger partial charge in [-0.15, -0.1) is 11.3 Å². The molecule has 1 heterocycles. The van der Waals surface area contributed by atoms with Crippen LogP contribution in [0.1, 0.15) is 28.9 Å². The van der Waals surface area contributed by atoms with Crippen LogP contribution in [0.2, 0.25) is 0 Å². The van der Waals surface area contributed by atoms with Gasteiger partial charge in [0, 0.05) is 5.38 Å². The van der Waals surface area contributed by atoms with Crippen molar-refractivity contribution >= 4 is 39.8 Å². The molecule has 2 rings (SSSR count). The van der Waals surface area contributed by atoms with Crippen molar-refractivity contribution in [2.45, 2.75) is 13.0 Å². The fourth-order valence-corrected chi connectivity index (χ4v) is 2.89. The molecule has 5 heteroatoms. The maximum Gasteiger partial charge on any atom is 0.252 e. The van der Waals surface area contributed by atoms with Crippen LogP contribution in [0.3, 0.4) is 0 Å². The molecule has 0 aliphatic rings. The summed E-state index contributed by atoms with van der Waals surface area (Å²) in [5.41, 5.74) is 1.40. The summed E-state index contributed by atoms with van der Waals surface area (Å²) >= 11 is 3.70. The SMILES string of the molecule is CC(NC(=O)c1csc(I)c1)c1cccc(F)c1. The maximum absolute atomic E-state index is 13.1. The molecule has 0 spiro atoms. The van der Waals surface area contributed by atoms with Crippen molar-refractivity contribution in [2.75, 3.05) is 0 Å². The highest BCUT2D eigenvalue weighted by Crippen LogP contribution is 2.18. The van der Waals surface area contributed by atoms with Crippen molar-refractivity contribution in [3.05, 3.63) is 55.5 Å². The van der Waals surface area contributed by atoms with E-state index in [1.54, 1.807) is 12.1 Å². The van der Waals surface area contributed by atoms with Crippen LogP contribution >= 0.6 is 33.9 Å². The summed E-state index contributed by atoms with van der Waals surface area (Å²) in [6.45, 7) is 1.84. The molecule has 1 aromatic heterocycles. The summed E-state index contributed by atoms with van der Waals surface area (Å²) in [6.07, 6.45) is 0. The molecule has 0 saturated heterocycles. The lowest BCUT2D eigenvalue weighted by atomic mass is 10.1. The van der Waals surface area contributed by atoms with E-state index in [-0.39, 0.29) is 17.8 Å². The molecule has 18 heavy (non-hydrogen) atoms. The van der Waals surface area contributed by atoms with Crippen LogP contribution < -0.4 is 5.32 Å². The van der Waals surface area contributed by atoms with Gasteiger partial charge in [-0.25, -0.2) is 4.39 Å². The fourth-order valence-electron chi connectivity index (χ4n) is 1.57. The topological polar surface area (TPSA) is 29.1 Å². The van der Waals surface area contributed by atoms with Gasteiger partial charge in [0.05, 0.1) is 14.5 Å². The number of carbonyl (C=O) groups is 1. The molecule has 0 aliphatic heterocycles. The van der Waals surface area contributed by atoms with Gasteiger partial charge < -0.3 is 5.32 Å². The number of thiophene rings is 1. The van der Waals surface area contributed by atoms with Crippen molar-refractivity contribution in [3.63, 3.8) is 0 Å². The average Bonchev–Trinajstić information content (AvgIpc) is 2.76. The first-order valence-corrected chi connectivity index (χ1v) is 7.32. The summed E-state index contributed by atoms with van der Waals surface area (Å²) in [4.78, 5) is 11.9. The van der Waals surface area contributed by atoms with Crippen LogP contribution in [0, 0.1) is 8.70 Å². The lowest BCUT2D eigenvalue weighted by Crippen LogP contribution is -2.26. The molecule has 1 aromatic carbocycles. The predicted octanol–water partition coefficient (Wildman–Crippen LogP) is 3.98. The molecule has 2 aromatic rings. The Labute approximate surface area is 122 Å². The van der Waals surface area contributed by atoms with E-state index >= 15 is 0 Å². The molecular weight excluding hydrogens is 364 g/mol. The average molecular weight is 375 g/mol. The highest BCUT2D eigenvalue weighted by molar-refractivity contribution is 14.1. The molecule has 1 atom stereocenters. The van der Waals surface area contributed by atoms with Crippen LogP contribution in [0.4, 0.5) is 4.39 Å². The second-order valence-electron chi connectivity index (χ2n) is 3.89. The molecule has 0 aliphatic carbocycles. The minimum Gasteiger partial charge on any atom is -0.345 e. The van der Waals surface area contributed by atoms with Crippen LogP contribution in [0.15, 0.2) is 35.7 Å². The van der Waals surface area contributed by atoms with Crippen LogP contribution in [-0.2, 0) is 0 Å². The number of benzene rings is 1. The Morgan fingerprint density at radius 1 is 1.44 bits per heavy atom. The van der Waals surface area contributed by atoms with Crippen molar-refractivity contribution in [2.24, 2.45) is 0 Å². The molecule has 0 bridgehead atoms. The first kappa shape index (κ1) is 13.5. The van der Waals surface area contributed by atoms with Crippen LogP contribution in [0.5, 0.6) is 0 Å². The van der Waals surface area contributed by atoms with Crippen LogP contribution in [-0.4, -0.2) is 5.91 Å². The largest absolute Gasteiger partial charge is 0.345 e. The fraction of sp³-hybridized carbons (Fsp3) is 0.154. The van der Waals surface area contributed by atoms with Crippen molar-refractivity contribution in [1.29, 1.82) is 0 Å². The van der Waals surface area contributed by atoms with Gasteiger partial charge in [0.1, 0.15) is 5.82 Å². The van der Waals surface area contributed by atoms with Gasteiger partial charge in [-0.3, -0.25) is 4.79 Å². The van der Waals surface area contributed by atoms with E-state index in [9.17, 15) is 9.18 Å². The number of nitrogens with one attached hydrogen (secondary N) is 1. The number of hydrogen-bond acceptors (Lipinski definition) is 2. The summed E-state index contributed by atoms with van der Waals surface area (Å²) in [6, 6.07) is 7.87. The normalized spacial score (nSPS) is 12.2. The van der Waals surface area contributed by atoms with E-state index in [2.05, 4.69) is 27.9 Å². The Bertz CT molecular complexity index is 570. The summed E-state index contributed by atoms with van der Waals surface area (Å²) in [5, 5.41) is 4.67. The third-order valence-electron chi connectivity index (χ3n) is 2.53. The monoisotopic (exact) mass is 375 g/mol. The van der Waals surface area contributed by atoms with E-state index in [0.717, 1.165) is 8.45 Å². The number of halogens is 2. The zero-order chi connectivity index (χ0) is 13.1. The van der Waals surface area contributed by atoms with Crippen LogP contribution in [0.25, 0.3) is 0 Å². The minimum absolute atomic E-state index is 0.133. The van der Waals surface area contributed by atoms with Crippen molar-refractivity contribution in [1.82, 2.24) is 5.32 Å². The zero-order valence-corrected chi connectivity index (χ0v) is 12.6. The molecule has 2 nitrogen and oxygen atoms in total. The third kappa shape index (κ3) is 3.29. The quantitative estimate of drug-likeness (QED) is 0.808. The van der Waals surface area contributed by atoms with E-state index in [4.69, 9.17) is 0 Å². The highest BCUT2D eigenvalue weighted by Gasteiger charge is 2.12. The second-order valence-corrected chi connectivity index (χ2v) is 6.70. The van der Waals surface area contributed by atoms with Gasteiger partial charge in [-0.05, 0) is 53.3 Å². The molecule has 0 radical (unpaired) electrons. The van der Waals surface area contributed by atoms with Gasteiger partial charge >= 0.3 is 0 Å². The van der Waals surface area contributed by atoms with Gasteiger partial charge in [0.25, 0.3) is 5.91 Å². The molecular formula is C13H11FINOS. The molecule has 94 valence electrons. The lowest BCUT2D eigenvalue weighted by molar-refractivity contribution is 0.0940. The Morgan fingerprint density at radius 3 is 2.83 bits per heavy atom. The van der Waals surface area contributed by atoms with Crippen molar-refractivity contribution < 1.29 is 9.18 Å². The van der Waals surface area contributed by atoms with Gasteiger partial charge in [-0.1, -0.05) is 12.1 Å². The number of hydrogen-bond donors (Lipinski definition) is 1. The second kappa shape index (κ2) is 5.79. The van der Waals surface area contributed by atoms with E-state index in [0.29, 0.717) is 5.56 Å². The Morgan fingerprint density at radius 2 is 2.22 bits per heavy atom. The molecule has 0 fully saturated rings. The highest BCUT2D eigenvalue weighted by atomic mass is 127. The third-order valence-corrected chi connectivity index (χ3v) is 4.31. The van der Waals surface area contributed by atoms with E-state index in [1.165, 1.54) is 23.5 Å².